The molecule has 0 aliphatic carbocycles. The van der Waals surface area contributed by atoms with E-state index in [-0.39, 0.29) is 0 Å². The minimum Gasteiger partial charge on any atom is -0.494 e. The van der Waals surface area contributed by atoms with Crippen LogP contribution in [0.25, 0.3) is 0 Å². The molecule has 0 saturated carbocycles. The summed E-state index contributed by atoms with van der Waals surface area (Å²) in [7, 11) is 0. The monoisotopic (exact) mass is 320 g/mol. The highest BCUT2D eigenvalue weighted by Gasteiger charge is 2.23. The predicted molar refractivity (Wildman–Crippen MR) is 92.5 cm³/mol. The first-order chi connectivity index (χ1) is 10.8. The highest BCUT2D eigenvalue weighted by molar-refractivity contribution is 6.39. The third-order valence-electron chi connectivity index (χ3n) is 3.08. The van der Waals surface area contributed by atoms with Gasteiger partial charge in [0.2, 0.25) is 0 Å². The lowest BCUT2D eigenvalue weighted by Gasteiger charge is -2.25. The molecule has 1 aromatic carbocycles. The van der Waals surface area contributed by atoms with Crippen molar-refractivity contribution in [1.29, 1.82) is 0 Å². The second kappa shape index (κ2) is 9.18. The largest absolute Gasteiger partial charge is 0.494 e. The van der Waals surface area contributed by atoms with E-state index in [0.717, 1.165) is 5.75 Å². The quantitative estimate of drug-likeness (QED) is 0.785. The summed E-state index contributed by atoms with van der Waals surface area (Å²) < 4.78 is 5.35. The minimum atomic E-state index is -0.601. The molecule has 0 aliphatic heterocycles. The maximum atomic E-state index is 12.4. The standard InChI is InChI=1S/C18H28N2O3/c1-6-23-16-9-7-15(8-10-16)19-17(21)18(22)20(11-13(2)3)12-14(4)5/h7-10,13-14H,6,11-12H2,1-5H3,(H,19,21). The first kappa shape index (κ1) is 19.0. The van der Waals surface area contributed by atoms with E-state index in [9.17, 15) is 9.59 Å². The fourth-order valence-electron chi connectivity index (χ4n) is 2.25. The predicted octanol–water partition coefficient (Wildman–Crippen LogP) is 3.16. The van der Waals surface area contributed by atoms with E-state index in [0.29, 0.717) is 37.2 Å². The van der Waals surface area contributed by atoms with E-state index in [2.05, 4.69) is 5.32 Å². The van der Waals surface area contributed by atoms with Crippen LogP contribution in [0.4, 0.5) is 5.69 Å². The highest BCUT2D eigenvalue weighted by Crippen LogP contribution is 2.16. The van der Waals surface area contributed by atoms with Gasteiger partial charge in [-0.1, -0.05) is 27.7 Å². The molecule has 2 amide bonds. The molecule has 0 saturated heterocycles. The Morgan fingerprint density at radius 3 is 2.00 bits per heavy atom. The number of rotatable bonds is 7. The Kier molecular flexibility index (Phi) is 7.59. The average molecular weight is 320 g/mol. The Morgan fingerprint density at radius 1 is 1.04 bits per heavy atom. The number of nitrogens with zero attached hydrogens (tertiary/aromatic N) is 1. The second-order valence-electron chi connectivity index (χ2n) is 6.41. The van der Waals surface area contributed by atoms with E-state index in [4.69, 9.17) is 4.74 Å². The van der Waals surface area contributed by atoms with Gasteiger partial charge >= 0.3 is 11.8 Å². The molecule has 0 heterocycles. The van der Waals surface area contributed by atoms with Crippen LogP contribution in [0.1, 0.15) is 34.6 Å². The molecule has 0 radical (unpaired) electrons. The van der Waals surface area contributed by atoms with Gasteiger partial charge in [0, 0.05) is 18.8 Å². The maximum absolute atomic E-state index is 12.4. The smallest absolute Gasteiger partial charge is 0.313 e. The van der Waals surface area contributed by atoms with Crippen LogP contribution in [-0.4, -0.2) is 36.4 Å². The molecule has 0 bridgehead atoms. The second-order valence-corrected chi connectivity index (χ2v) is 6.41. The van der Waals surface area contributed by atoms with Gasteiger partial charge in [0.1, 0.15) is 5.75 Å². The van der Waals surface area contributed by atoms with Gasteiger partial charge in [-0.05, 0) is 43.0 Å². The van der Waals surface area contributed by atoms with E-state index >= 15 is 0 Å². The van der Waals surface area contributed by atoms with Gasteiger partial charge in [-0.25, -0.2) is 0 Å². The summed E-state index contributed by atoms with van der Waals surface area (Å²) in [6, 6.07) is 6.99. The molecule has 5 heteroatoms. The van der Waals surface area contributed by atoms with Crippen molar-refractivity contribution < 1.29 is 14.3 Å². The minimum absolute atomic E-state index is 0.316. The van der Waals surface area contributed by atoms with Gasteiger partial charge in [-0.2, -0.15) is 0 Å². The zero-order valence-electron chi connectivity index (χ0n) is 14.8. The summed E-state index contributed by atoms with van der Waals surface area (Å²) in [5, 5.41) is 2.65. The van der Waals surface area contributed by atoms with Crippen molar-refractivity contribution in [2.24, 2.45) is 11.8 Å². The zero-order valence-corrected chi connectivity index (χ0v) is 14.8. The average Bonchev–Trinajstić information content (AvgIpc) is 2.47. The molecule has 1 rings (SSSR count). The van der Waals surface area contributed by atoms with Crippen molar-refractivity contribution in [3.63, 3.8) is 0 Å². The van der Waals surface area contributed by atoms with Crippen LogP contribution in [0, 0.1) is 11.8 Å². The topological polar surface area (TPSA) is 58.6 Å². The van der Waals surface area contributed by atoms with Crippen LogP contribution in [0.2, 0.25) is 0 Å². The zero-order chi connectivity index (χ0) is 17.4. The first-order valence-electron chi connectivity index (χ1n) is 8.16. The summed E-state index contributed by atoms with van der Waals surface area (Å²) >= 11 is 0. The third kappa shape index (κ3) is 6.72. The number of hydrogen-bond donors (Lipinski definition) is 1. The number of carbonyl (C=O) groups is 2. The van der Waals surface area contributed by atoms with Crippen LogP contribution in [0.15, 0.2) is 24.3 Å². The Bertz CT molecular complexity index is 500. The van der Waals surface area contributed by atoms with Crippen molar-refractivity contribution in [3.8, 4) is 5.75 Å². The number of benzene rings is 1. The first-order valence-corrected chi connectivity index (χ1v) is 8.16. The van der Waals surface area contributed by atoms with E-state index in [1.165, 1.54) is 0 Å². The Morgan fingerprint density at radius 2 is 1.57 bits per heavy atom. The third-order valence-corrected chi connectivity index (χ3v) is 3.08. The van der Waals surface area contributed by atoms with Gasteiger partial charge < -0.3 is 15.0 Å². The SMILES string of the molecule is CCOc1ccc(NC(=O)C(=O)N(CC(C)C)CC(C)C)cc1. The van der Waals surface area contributed by atoms with Crippen molar-refractivity contribution in [1.82, 2.24) is 4.90 Å². The van der Waals surface area contributed by atoms with Gasteiger partial charge in [0.05, 0.1) is 6.61 Å². The number of hydrogen-bond acceptors (Lipinski definition) is 3. The molecule has 1 aromatic rings. The molecule has 128 valence electrons. The number of amides is 2. The lowest BCUT2D eigenvalue weighted by atomic mass is 10.1. The molecule has 5 nitrogen and oxygen atoms in total. The Balaban J connectivity index is 2.71. The normalized spacial score (nSPS) is 10.7. The molecular formula is C18H28N2O3. The van der Waals surface area contributed by atoms with E-state index < -0.39 is 11.8 Å². The van der Waals surface area contributed by atoms with Gasteiger partial charge in [0.25, 0.3) is 0 Å². The van der Waals surface area contributed by atoms with Gasteiger partial charge in [0.15, 0.2) is 0 Å². The number of nitrogens with one attached hydrogen (secondary N) is 1. The lowest BCUT2D eigenvalue weighted by molar-refractivity contribution is -0.143. The maximum Gasteiger partial charge on any atom is 0.313 e. The summed E-state index contributed by atoms with van der Waals surface area (Å²) in [5.41, 5.74) is 0.584. The lowest BCUT2D eigenvalue weighted by Crippen LogP contribution is -2.43. The molecule has 23 heavy (non-hydrogen) atoms. The van der Waals surface area contributed by atoms with E-state index in [1.54, 1.807) is 29.2 Å². The highest BCUT2D eigenvalue weighted by atomic mass is 16.5. The fraction of sp³-hybridized carbons (Fsp3) is 0.556. The van der Waals surface area contributed by atoms with E-state index in [1.807, 2.05) is 34.6 Å². The van der Waals surface area contributed by atoms with Gasteiger partial charge in [-0.3, -0.25) is 9.59 Å². The summed E-state index contributed by atoms with van der Waals surface area (Å²) in [5.74, 6) is 0.279. The molecule has 0 aliphatic rings. The molecular weight excluding hydrogens is 292 g/mol. The van der Waals surface area contributed by atoms with Crippen molar-refractivity contribution in [3.05, 3.63) is 24.3 Å². The van der Waals surface area contributed by atoms with Crippen LogP contribution < -0.4 is 10.1 Å². The van der Waals surface area contributed by atoms with Crippen molar-refractivity contribution in [2.75, 3.05) is 25.0 Å². The van der Waals surface area contributed by atoms with Crippen LogP contribution >= 0.6 is 0 Å². The Labute approximate surface area is 139 Å². The molecule has 0 aromatic heterocycles. The van der Waals surface area contributed by atoms with Crippen molar-refractivity contribution >= 4 is 17.5 Å². The molecule has 0 atom stereocenters. The molecule has 1 N–H and O–H groups in total. The molecule has 0 fully saturated rings. The number of carbonyl (C=O) groups excluding carboxylic acids is 2. The number of ether oxygens (including phenoxy) is 1. The van der Waals surface area contributed by atoms with Crippen LogP contribution in [0.5, 0.6) is 5.75 Å². The molecule has 0 unspecified atom stereocenters. The molecule has 0 spiro atoms. The van der Waals surface area contributed by atoms with Crippen molar-refractivity contribution in [2.45, 2.75) is 34.6 Å². The summed E-state index contributed by atoms with van der Waals surface area (Å²) in [6.45, 7) is 11.8. The fourth-order valence-corrected chi connectivity index (χ4v) is 2.25. The summed E-state index contributed by atoms with van der Waals surface area (Å²) in [4.78, 5) is 26.2. The van der Waals surface area contributed by atoms with Crippen LogP contribution in [0.3, 0.4) is 0 Å². The van der Waals surface area contributed by atoms with Gasteiger partial charge in [-0.15, -0.1) is 0 Å². The Hall–Kier alpha value is -2.04. The summed E-state index contributed by atoms with van der Waals surface area (Å²) in [6.07, 6.45) is 0. The van der Waals surface area contributed by atoms with Crippen LogP contribution in [-0.2, 0) is 9.59 Å². The number of anilines is 1.